The summed E-state index contributed by atoms with van der Waals surface area (Å²) in [4.78, 5) is 25.2. The van der Waals surface area contributed by atoms with Crippen molar-refractivity contribution >= 4 is 36.0 Å². The van der Waals surface area contributed by atoms with Gasteiger partial charge in [0.2, 0.25) is 5.91 Å². The van der Waals surface area contributed by atoms with Crippen molar-refractivity contribution in [2.45, 2.75) is 38.0 Å². The molecule has 1 fully saturated rings. The van der Waals surface area contributed by atoms with Gasteiger partial charge < -0.3 is 9.64 Å². The molecule has 1 saturated heterocycles. The van der Waals surface area contributed by atoms with E-state index in [1.54, 1.807) is 29.2 Å². The Morgan fingerprint density at radius 2 is 1.95 bits per heavy atom. The van der Waals surface area contributed by atoms with Gasteiger partial charge in [-0.05, 0) is 45.0 Å². The standard InChI is InChI=1S/C15H20N2O3S/c1-15(2,3)20-14(19)16-10-4-6-11(7-5-10)17-9-12(21)8-13(17)18/h4-7,12,21H,8-9H2,1-3H3,(H,16,19). The summed E-state index contributed by atoms with van der Waals surface area (Å²) in [6, 6.07) is 7.10. The van der Waals surface area contributed by atoms with Crippen LogP contribution in [0.25, 0.3) is 0 Å². The van der Waals surface area contributed by atoms with Crippen molar-refractivity contribution in [3.63, 3.8) is 0 Å². The Labute approximate surface area is 130 Å². The van der Waals surface area contributed by atoms with Crippen LogP contribution in [0.15, 0.2) is 24.3 Å². The Hall–Kier alpha value is -1.69. The van der Waals surface area contributed by atoms with E-state index in [-0.39, 0.29) is 11.2 Å². The van der Waals surface area contributed by atoms with E-state index < -0.39 is 11.7 Å². The number of amides is 2. The molecule has 1 N–H and O–H groups in total. The first kappa shape index (κ1) is 15.7. The zero-order valence-corrected chi connectivity index (χ0v) is 13.3. The summed E-state index contributed by atoms with van der Waals surface area (Å²) in [5.74, 6) is 0.0721. The Bertz CT molecular complexity index is 537. The van der Waals surface area contributed by atoms with E-state index in [1.165, 1.54) is 0 Å². The second-order valence-electron chi connectivity index (χ2n) is 6.04. The molecule has 21 heavy (non-hydrogen) atoms. The number of anilines is 2. The number of nitrogens with one attached hydrogen (secondary N) is 1. The molecule has 1 aliphatic rings. The van der Waals surface area contributed by atoms with Gasteiger partial charge in [-0.25, -0.2) is 4.79 Å². The monoisotopic (exact) mass is 308 g/mol. The number of rotatable bonds is 2. The van der Waals surface area contributed by atoms with E-state index in [0.29, 0.717) is 18.7 Å². The molecule has 1 aromatic rings. The molecule has 114 valence electrons. The number of thiol groups is 1. The van der Waals surface area contributed by atoms with Crippen molar-refractivity contribution in [3.05, 3.63) is 24.3 Å². The quantitative estimate of drug-likeness (QED) is 0.826. The molecule has 0 saturated carbocycles. The highest BCUT2D eigenvalue weighted by molar-refractivity contribution is 7.81. The van der Waals surface area contributed by atoms with Crippen molar-refractivity contribution in [2.75, 3.05) is 16.8 Å². The first-order valence-electron chi connectivity index (χ1n) is 6.83. The third-order valence-electron chi connectivity index (χ3n) is 2.93. The van der Waals surface area contributed by atoms with Gasteiger partial charge in [-0.2, -0.15) is 12.6 Å². The molecule has 5 nitrogen and oxygen atoms in total. The zero-order chi connectivity index (χ0) is 15.6. The minimum atomic E-state index is -0.534. The SMILES string of the molecule is CC(C)(C)OC(=O)Nc1ccc(N2CC(S)CC2=O)cc1. The van der Waals surface area contributed by atoms with E-state index in [4.69, 9.17) is 4.74 Å². The molecule has 0 spiro atoms. The van der Waals surface area contributed by atoms with Crippen LogP contribution in [0.2, 0.25) is 0 Å². The highest BCUT2D eigenvalue weighted by Gasteiger charge is 2.28. The fraction of sp³-hybridized carbons (Fsp3) is 0.467. The fourth-order valence-corrected chi connectivity index (χ4v) is 2.40. The molecule has 0 aliphatic carbocycles. The van der Waals surface area contributed by atoms with Gasteiger partial charge in [0, 0.05) is 29.6 Å². The van der Waals surface area contributed by atoms with Gasteiger partial charge in [-0.3, -0.25) is 10.1 Å². The lowest BCUT2D eigenvalue weighted by molar-refractivity contribution is -0.117. The van der Waals surface area contributed by atoms with Gasteiger partial charge in [0.05, 0.1) is 0 Å². The van der Waals surface area contributed by atoms with Crippen LogP contribution in [0, 0.1) is 0 Å². The molecule has 1 aliphatic heterocycles. The van der Waals surface area contributed by atoms with Gasteiger partial charge in [0.15, 0.2) is 0 Å². The molecule has 6 heteroatoms. The maximum absolute atomic E-state index is 11.8. The third kappa shape index (κ3) is 4.39. The van der Waals surface area contributed by atoms with E-state index in [0.717, 1.165) is 5.69 Å². The Morgan fingerprint density at radius 1 is 1.33 bits per heavy atom. The second kappa shape index (κ2) is 5.97. The van der Waals surface area contributed by atoms with Crippen molar-refractivity contribution in [1.82, 2.24) is 0 Å². The predicted molar refractivity (Wildman–Crippen MR) is 86.0 cm³/mol. The number of hydrogen-bond donors (Lipinski definition) is 2. The zero-order valence-electron chi connectivity index (χ0n) is 12.4. The van der Waals surface area contributed by atoms with E-state index in [2.05, 4.69) is 17.9 Å². The van der Waals surface area contributed by atoms with Crippen LogP contribution < -0.4 is 10.2 Å². The summed E-state index contributed by atoms with van der Waals surface area (Å²) in [6.07, 6.45) is -0.0379. The summed E-state index contributed by atoms with van der Waals surface area (Å²) in [7, 11) is 0. The molecular formula is C15H20N2O3S. The van der Waals surface area contributed by atoms with Crippen molar-refractivity contribution in [1.29, 1.82) is 0 Å². The van der Waals surface area contributed by atoms with E-state index in [9.17, 15) is 9.59 Å². The van der Waals surface area contributed by atoms with Crippen LogP contribution in [0.5, 0.6) is 0 Å². The van der Waals surface area contributed by atoms with Gasteiger partial charge in [0.25, 0.3) is 0 Å². The number of nitrogens with zero attached hydrogens (tertiary/aromatic N) is 1. The Balaban J connectivity index is 1.99. The normalized spacial score (nSPS) is 18.8. The average molecular weight is 308 g/mol. The van der Waals surface area contributed by atoms with Crippen molar-refractivity contribution in [3.8, 4) is 0 Å². The Kier molecular flexibility index (Phi) is 4.46. The summed E-state index contributed by atoms with van der Waals surface area (Å²) in [6.45, 7) is 6.04. The largest absolute Gasteiger partial charge is 0.444 e. The number of carbonyl (C=O) groups excluding carboxylic acids is 2. The second-order valence-corrected chi connectivity index (χ2v) is 6.77. The molecule has 1 aromatic carbocycles. The summed E-state index contributed by atoms with van der Waals surface area (Å²) in [5, 5.41) is 2.74. The van der Waals surface area contributed by atoms with Gasteiger partial charge in [0.1, 0.15) is 5.60 Å². The lowest BCUT2D eigenvalue weighted by atomic mass is 10.2. The number of hydrogen-bond acceptors (Lipinski definition) is 4. The molecule has 2 rings (SSSR count). The Morgan fingerprint density at radius 3 is 2.43 bits per heavy atom. The van der Waals surface area contributed by atoms with Crippen LogP contribution in [0.4, 0.5) is 16.2 Å². The molecule has 1 heterocycles. The van der Waals surface area contributed by atoms with Crippen molar-refractivity contribution < 1.29 is 14.3 Å². The topological polar surface area (TPSA) is 58.6 Å². The maximum atomic E-state index is 11.8. The first-order chi connectivity index (χ1) is 9.74. The van der Waals surface area contributed by atoms with Gasteiger partial charge in [-0.15, -0.1) is 0 Å². The number of ether oxygens (including phenoxy) is 1. The summed E-state index contributed by atoms with van der Waals surface area (Å²) < 4.78 is 5.18. The maximum Gasteiger partial charge on any atom is 0.412 e. The molecule has 0 bridgehead atoms. The lowest BCUT2D eigenvalue weighted by Gasteiger charge is -2.20. The van der Waals surface area contributed by atoms with Gasteiger partial charge >= 0.3 is 6.09 Å². The van der Waals surface area contributed by atoms with Crippen LogP contribution in [0.3, 0.4) is 0 Å². The van der Waals surface area contributed by atoms with Gasteiger partial charge in [-0.1, -0.05) is 0 Å². The highest BCUT2D eigenvalue weighted by atomic mass is 32.1. The van der Waals surface area contributed by atoms with Crippen molar-refractivity contribution in [2.24, 2.45) is 0 Å². The van der Waals surface area contributed by atoms with Crippen LogP contribution in [-0.4, -0.2) is 29.4 Å². The average Bonchev–Trinajstić information content (AvgIpc) is 2.67. The van der Waals surface area contributed by atoms with Crippen LogP contribution >= 0.6 is 12.6 Å². The van der Waals surface area contributed by atoms with Crippen LogP contribution in [0.1, 0.15) is 27.2 Å². The smallest absolute Gasteiger partial charge is 0.412 e. The molecule has 1 atom stereocenters. The number of carbonyl (C=O) groups is 2. The first-order valence-corrected chi connectivity index (χ1v) is 7.35. The fourth-order valence-electron chi connectivity index (χ4n) is 2.08. The third-order valence-corrected chi connectivity index (χ3v) is 3.27. The minimum absolute atomic E-state index is 0.0721. The molecule has 0 aromatic heterocycles. The predicted octanol–water partition coefficient (Wildman–Crippen LogP) is 3.07. The van der Waals surface area contributed by atoms with E-state index in [1.807, 2.05) is 20.8 Å². The molecule has 2 amide bonds. The van der Waals surface area contributed by atoms with E-state index >= 15 is 0 Å². The van der Waals surface area contributed by atoms with Crippen LogP contribution in [-0.2, 0) is 9.53 Å². The molecular weight excluding hydrogens is 288 g/mol. The highest BCUT2D eigenvalue weighted by Crippen LogP contribution is 2.25. The summed E-state index contributed by atoms with van der Waals surface area (Å²) in [5.41, 5.74) is 0.904. The number of benzene rings is 1. The lowest BCUT2D eigenvalue weighted by Crippen LogP contribution is -2.27. The minimum Gasteiger partial charge on any atom is -0.444 e. The molecule has 0 radical (unpaired) electrons. The molecule has 1 unspecified atom stereocenters. The summed E-state index contributed by atoms with van der Waals surface area (Å²) >= 11 is 4.33.